The second-order valence-electron chi connectivity index (χ2n) is 18.5. The summed E-state index contributed by atoms with van der Waals surface area (Å²) < 4.78 is 19.6. The molecule has 4 aromatic rings. The number of nitrogens with two attached hydrogens (primary N) is 2. The normalized spacial score (nSPS) is 16.1. The maximum absolute atomic E-state index is 14.5. The fraction of sp³-hybridized carbons (Fsp3) is 0.625. The molecule has 3 aromatic heterocycles. The van der Waals surface area contributed by atoms with Crippen LogP contribution in [0.2, 0.25) is 0 Å². The minimum Gasteiger partial charge on any atom is -1.00 e. The number of aromatic nitrogens is 9. The molecule has 2 aliphatic heterocycles. The Balaban J connectivity index is 0.00000988. The predicted molar refractivity (Wildman–Crippen MR) is 267 cm³/mol. The van der Waals surface area contributed by atoms with Gasteiger partial charge in [0.1, 0.15) is 24.4 Å². The third-order valence-corrected chi connectivity index (χ3v) is 12.8. The van der Waals surface area contributed by atoms with Crippen molar-refractivity contribution in [1.29, 1.82) is 0 Å². The minimum atomic E-state index is -1.02. The number of aromatic hydroxyl groups is 1. The van der Waals surface area contributed by atoms with Gasteiger partial charge in [0.15, 0.2) is 0 Å². The highest BCUT2D eigenvalue weighted by molar-refractivity contribution is 5.82. The van der Waals surface area contributed by atoms with Gasteiger partial charge in [0.25, 0.3) is 0 Å². The second-order valence-corrected chi connectivity index (χ2v) is 18.5. The third kappa shape index (κ3) is 16.9. The van der Waals surface area contributed by atoms with Crippen molar-refractivity contribution < 1.29 is 51.2 Å². The number of phenols is 1. The molecule has 0 radical (unpaired) electrons. The molecule has 2 aliphatic rings. The highest BCUT2D eigenvalue weighted by atomic mass is 35.5. The van der Waals surface area contributed by atoms with E-state index in [1.807, 2.05) is 14.7 Å². The number of aliphatic carboxylic acids is 1. The Morgan fingerprint density at radius 3 is 1.86 bits per heavy atom. The van der Waals surface area contributed by atoms with Crippen LogP contribution in [0.3, 0.4) is 0 Å². The molecule has 5 heterocycles. The lowest BCUT2D eigenvalue weighted by Gasteiger charge is -2.38. The molecule has 24 nitrogen and oxygen atoms in total. The highest BCUT2D eigenvalue weighted by Crippen LogP contribution is 2.27. The van der Waals surface area contributed by atoms with Gasteiger partial charge in [0, 0.05) is 71.7 Å². The number of hydrogen-bond donors (Lipinski definition) is 5. The molecule has 25 heteroatoms. The summed E-state index contributed by atoms with van der Waals surface area (Å²) in [4.78, 5) is 62.4. The third-order valence-electron chi connectivity index (χ3n) is 12.8. The van der Waals surface area contributed by atoms with Crippen LogP contribution < -0.4 is 39.0 Å². The Kier molecular flexibility index (Phi) is 22.8. The van der Waals surface area contributed by atoms with Crippen LogP contribution in [0.5, 0.6) is 5.75 Å². The molecule has 5 atom stereocenters. The molecule has 0 spiro atoms. The zero-order valence-corrected chi connectivity index (χ0v) is 43.1. The SMILES string of the molecule is C#CCOCCOCCOCCNc1nc(N2CCN(C(=O)[C@H](CCC(=O)O)n3cc(C(N)CC(C)C)nn3)CC2)nc(N2CCN(C(=O)[C@H](Cc3ccc(O)cc3)n3cc(C(N)[C@H](C)CC)nn3)CC2)n1.[Cl-]. The maximum Gasteiger partial charge on any atom is 0.303 e. The zero-order valence-electron chi connectivity index (χ0n) is 42.3. The summed E-state index contributed by atoms with van der Waals surface area (Å²) in [5, 5.41) is 40.0. The van der Waals surface area contributed by atoms with Crippen LogP contribution in [0.25, 0.3) is 0 Å². The van der Waals surface area contributed by atoms with Gasteiger partial charge in [0.2, 0.25) is 29.7 Å². The van der Waals surface area contributed by atoms with Crippen LogP contribution in [0.4, 0.5) is 17.8 Å². The van der Waals surface area contributed by atoms with Gasteiger partial charge in [0.05, 0.1) is 68.9 Å². The minimum absolute atomic E-state index is 0. The summed E-state index contributed by atoms with van der Waals surface area (Å²) in [5.74, 6) is 2.78. The number of piperazine rings is 2. The van der Waals surface area contributed by atoms with Crippen molar-refractivity contribution in [3.8, 4) is 18.1 Å². The van der Waals surface area contributed by atoms with Crippen LogP contribution in [-0.4, -0.2) is 181 Å². The number of hydrogen-bond acceptors (Lipinski definition) is 19. The van der Waals surface area contributed by atoms with Crippen molar-refractivity contribution >= 4 is 35.6 Å². The molecule has 73 heavy (non-hydrogen) atoms. The van der Waals surface area contributed by atoms with Gasteiger partial charge in [-0.25, -0.2) is 9.36 Å². The lowest BCUT2D eigenvalue weighted by atomic mass is 9.98. The summed E-state index contributed by atoms with van der Waals surface area (Å²) in [5.41, 5.74) is 14.9. The zero-order chi connectivity index (χ0) is 51.6. The number of nitrogens with one attached hydrogen (secondary N) is 1. The Hall–Kier alpha value is -6.23. The maximum atomic E-state index is 14.5. The average Bonchev–Trinajstić information content (AvgIpc) is 4.09. The number of phenolic OH excluding ortho intramolecular Hbond substituents is 1. The van der Waals surface area contributed by atoms with Gasteiger partial charge in [-0.05, 0) is 42.4 Å². The first-order chi connectivity index (χ1) is 34.7. The predicted octanol–water partition coefficient (Wildman–Crippen LogP) is -1.16. The number of carboxylic acids is 1. The van der Waals surface area contributed by atoms with E-state index in [1.54, 1.807) is 46.2 Å². The number of anilines is 3. The van der Waals surface area contributed by atoms with Crippen molar-refractivity contribution in [2.75, 3.05) is 114 Å². The molecular formula is C48H72ClN16O8-. The summed E-state index contributed by atoms with van der Waals surface area (Å²) in [6, 6.07) is 4.47. The number of carbonyl (C=O) groups is 3. The molecule has 2 amide bonds. The summed E-state index contributed by atoms with van der Waals surface area (Å²) in [7, 11) is 0. The monoisotopic (exact) mass is 1040 g/mol. The number of carboxylic acid groups (broad SMARTS) is 1. The Morgan fingerprint density at radius 2 is 1.30 bits per heavy atom. The van der Waals surface area contributed by atoms with E-state index >= 15 is 0 Å². The first-order valence-electron chi connectivity index (χ1n) is 24.8. The molecule has 0 bridgehead atoms. The van der Waals surface area contributed by atoms with Crippen LogP contribution in [0.15, 0.2) is 36.7 Å². The van der Waals surface area contributed by atoms with Gasteiger partial charge in [-0.1, -0.05) is 62.6 Å². The smallest absolute Gasteiger partial charge is 0.303 e. The molecule has 2 fully saturated rings. The summed E-state index contributed by atoms with van der Waals surface area (Å²) in [6.07, 6.45) is 10.3. The Morgan fingerprint density at radius 1 is 0.767 bits per heavy atom. The van der Waals surface area contributed by atoms with E-state index in [4.69, 9.17) is 47.1 Å². The van der Waals surface area contributed by atoms with E-state index < -0.39 is 18.1 Å². The van der Waals surface area contributed by atoms with Gasteiger partial charge in [-0.3, -0.25) is 14.4 Å². The van der Waals surface area contributed by atoms with Crippen molar-refractivity contribution in [1.82, 2.24) is 54.7 Å². The molecule has 1 aromatic carbocycles. The number of terminal acetylenes is 1. The van der Waals surface area contributed by atoms with Crippen molar-refractivity contribution in [3.63, 3.8) is 0 Å². The van der Waals surface area contributed by atoms with Crippen LogP contribution in [-0.2, 0) is 35.0 Å². The van der Waals surface area contributed by atoms with Gasteiger partial charge >= 0.3 is 5.97 Å². The number of carbonyl (C=O) groups excluding carboxylic acids is 2. The number of ether oxygens (including phenoxy) is 3. The summed E-state index contributed by atoms with van der Waals surface area (Å²) >= 11 is 0. The van der Waals surface area contributed by atoms with Gasteiger partial charge in [-0.15, -0.1) is 16.6 Å². The Bertz CT molecular complexity index is 2370. The van der Waals surface area contributed by atoms with Crippen LogP contribution >= 0.6 is 0 Å². The topological polar surface area (TPSA) is 296 Å². The largest absolute Gasteiger partial charge is 1.00 e. The Labute approximate surface area is 432 Å². The second kappa shape index (κ2) is 28.9. The van der Waals surface area contributed by atoms with Gasteiger partial charge < -0.3 is 73.2 Å². The number of rotatable bonds is 28. The lowest BCUT2D eigenvalue weighted by molar-refractivity contribution is -0.139. The first kappa shape index (κ1) is 57.7. The highest BCUT2D eigenvalue weighted by Gasteiger charge is 2.34. The van der Waals surface area contributed by atoms with E-state index in [0.29, 0.717) is 140 Å². The van der Waals surface area contributed by atoms with E-state index in [2.05, 4.69) is 59.6 Å². The fourth-order valence-electron chi connectivity index (χ4n) is 8.36. The first-order valence-corrected chi connectivity index (χ1v) is 24.8. The molecule has 0 saturated carbocycles. The number of amides is 2. The van der Waals surface area contributed by atoms with Crippen molar-refractivity contribution in [3.05, 3.63) is 53.6 Å². The van der Waals surface area contributed by atoms with E-state index in [0.717, 1.165) is 12.0 Å². The van der Waals surface area contributed by atoms with E-state index in [1.165, 1.54) is 4.68 Å². The lowest BCUT2D eigenvalue weighted by Crippen LogP contribution is -3.00. The number of nitrogens with zero attached hydrogens (tertiary/aromatic N) is 13. The molecule has 6 rings (SSSR count). The molecular weight excluding hydrogens is 964 g/mol. The van der Waals surface area contributed by atoms with E-state index in [9.17, 15) is 24.6 Å². The molecule has 2 unspecified atom stereocenters. The molecule has 2 saturated heterocycles. The summed E-state index contributed by atoms with van der Waals surface area (Å²) in [6.45, 7) is 13.8. The van der Waals surface area contributed by atoms with Crippen LogP contribution in [0.1, 0.15) is 94.5 Å². The number of benzene rings is 1. The molecule has 7 N–H and O–H groups in total. The quantitative estimate of drug-likeness (QED) is 0.0331. The average molecular weight is 1040 g/mol. The van der Waals surface area contributed by atoms with Crippen molar-refractivity contribution in [2.24, 2.45) is 23.3 Å². The standard InChI is InChI=1S/C48H72N16O8.ClH/c1-6-23-70-25-27-72-28-26-71-24-14-51-46-52-47(61-19-15-59(16-20-61)44(68)40(12-13-42(66)67)63-31-38(55-57-63)37(49)29-33(3)4)54-48(53-46)62-21-17-60(18-22-62)45(69)41(30-35-8-10-36(65)11-9-35)64-32-39(56-58-64)43(50)34(5)7-2;/h1,8-11,31-34,37,40-41,43,65H,7,12-30,49-50H2,2-5H3,(H,66,67)(H,51,52,53,54);1H/p-1/t34-,37?,40+,41+,43?;/m1./s1. The fourth-order valence-corrected chi connectivity index (χ4v) is 8.36. The van der Waals surface area contributed by atoms with Crippen LogP contribution in [0, 0.1) is 24.2 Å². The van der Waals surface area contributed by atoms with Gasteiger partial charge in [-0.2, -0.15) is 15.0 Å². The van der Waals surface area contributed by atoms with Crippen molar-refractivity contribution in [2.45, 2.75) is 84.0 Å². The molecule has 400 valence electrons. The molecule has 0 aliphatic carbocycles. The number of halogens is 1. The van der Waals surface area contributed by atoms with E-state index in [-0.39, 0.29) is 67.4 Å².